The number of anilines is 2. The number of nitrogens with zero attached hydrogens (tertiary/aromatic N) is 1. The number of para-hydroxylation sites is 1. The van der Waals surface area contributed by atoms with Crippen LogP contribution >= 0.6 is 0 Å². The zero-order chi connectivity index (χ0) is 14.4. The first-order chi connectivity index (χ1) is 8.95. The third-order valence-corrected chi connectivity index (χ3v) is 2.95. The highest BCUT2D eigenvalue weighted by Crippen LogP contribution is 2.32. The summed E-state index contributed by atoms with van der Waals surface area (Å²) in [7, 11) is 0. The minimum Gasteiger partial charge on any atom is -0.377 e. The molecular formula is C13H22N4O2. The van der Waals surface area contributed by atoms with Crippen molar-refractivity contribution in [2.75, 3.05) is 10.7 Å². The first-order valence-electron chi connectivity index (χ1n) is 6.46. The molecule has 4 N–H and O–H groups in total. The lowest BCUT2D eigenvalue weighted by molar-refractivity contribution is -0.383. The quantitative estimate of drug-likeness (QED) is 0.400. The summed E-state index contributed by atoms with van der Waals surface area (Å²) in [5.74, 6) is 5.93. The molecule has 0 aliphatic heterocycles. The normalized spacial score (nSPS) is 12.3. The number of rotatable bonds is 7. The van der Waals surface area contributed by atoms with Gasteiger partial charge in [0.1, 0.15) is 11.4 Å². The summed E-state index contributed by atoms with van der Waals surface area (Å²) >= 11 is 0. The average molecular weight is 266 g/mol. The van der Waals surface area contributed by atoms with Crippen molar-refractivity contribution in [3.8, 4) is 0 Å². The van der Waals surface area contributed by atoms with E-state index in [0.717, 1.165) is 12.8 Å². The van der Waals surface area contributed by atoms with Crippen LogP contribution in [0.2, 0.25) is 0 Å². The molecule has 0 radical (unpaired) electrons. The van der Waals surface area contributed by atoms with E-state index in [9.17, 15) is 10.1 Å². The van der Waals surface area contributed by atoms with Gasteiger partial charge < -0.3 is 10.7 Å². The first kappa shape index (κ1) is 15.2. The van der Waals surface area contributed by atoms with E-state index in [4.69, 9.17) is 5.84 Å². The number of nitrogens with one attached hydrogen (secondary N) is 2. The number of nitrogens with two attached hydrogens (primary N) is 1. The van der Waals surface area contributed by atoms with Crippen molar-refractivity contribution in [3.63, 3.8) is 0 Å². The Balaban J connectivity index is 2.85. The molecule has 6 nitrogen and oxygen atoms in total. The Kier molecular flexibility index (Phi) is 5.57. The van der Waals surface area contributed by atoms with Crippen molar-refractivity contribution in [1.82, 2.24) is 0 Å². The van der Waals surface area contributed by atoms with Gasteiger partial charge in [-0.15, -0.1) is 0 Å². The molecule has 0 heterocycles. The van der Waals surface area contributed by atoms with Crippen molar-refractivity contribution in [3.05, 3.63) is 28.3 Å². The second-order valence-corrected chi connectivity index (χ2v) is 5.12. The van der Waals surface area contributed by atoms with Gasteiger partial charge in [0.05, 0.1) is 4.92 Å². The van der Waals surface area contributed by atoms with Gasteiger partial charge in [0.2, 0.25) is 0 Å². The fourth-order valence-electron chi connectivity index (χ4n) is 1.89. The molecule has 6 heteroatoms. The molecule has 19 heavy (non-hydrogen) atoms. The summed E-state index contributed by atoms with van der Waals surface area (Å²) in [6.45, 7) is 6.34. The lowest BCUT2D eigenvalue weighted by atomic mass is 10.0. The highest BCUT2D eigenvalue weighted by molar-refractivity contribution is 5.75. The monoisotopic (exact) mass is 266 g/mol. The molecular weight excluding hydrogens is 244 g/mol. The lowest BCUT2D eigenvalue weighted by Crippen LogP contribution is -2.18. The van der Waals surface area contributed by atoms with E-state index in [0.29, 0.717) is 17.3 Å². The van der Waals surface area contributed by atoms with E-state index < -0.39 is 4.92 Å². The van der Waals surface area contributed by atoms with Crippen molar-refractivity contribution in [1.29, 1.82) is 0 Å². The number of hydrogen-bond acceptors (Lipinski definition) is 5. The van der Waals surface area contributed by atoms with Gasteiger partial charge in [-0.05, 0) is 37.8 Å². The fourth-order valence-corrected chi connectivity index (χ4v) is 1.89. The summed E-state index contributed by atoms with van der Waals surface area (Å²) in [4.78, 5) is 10.7. The smallest absolute Gasteiger partial charge is 0.316 e. The van der Waals surface area contributed by atoms with E-state index in [-0.39, 0.29) is 11.7 Å². The van der Waals surface area contributed by atoms with Crippen LogP contribution in [0.4, 0.5) is 17.1 Å². The Hall–Kier alpha value is -1.82. The van der Waals surface area contributed by atoms with Crippen LogP contribution in [0, 0.1) is 16.0 Å². The molecule has 1 aromatic carbocycles. The number of hydrazine groups is 1. The zero-order valence-electron chi connectivity index (χ0n) is 11.6. The maximum Gasteiger partial charge on any atom is 0.316 e. The maximum atomic E-state index is 11.1. The van der Waals surface area contributed by atoms with E-state index >= 15 is 0 Å². The number of nitrogen functional groups attached to an aromatic ring is 1. The summed E-state index contributed by atoms with van der Waals surface area (Å²) in [5.41, 5.74) is 3.15. The van der Waals surface area contributed by atoms with Gasteiger partial charge in [-0.1, -0.05) is 19.9 Å². The number of hydrogen-bond donors (Lipinski definition) is 3. The van der Waals surface area contributed by atoms with Crippen LogP contribution < -0.4 is 16.6 Å². The second kappa shape index (κ2) is 6.94. The largest absolute Gasteiger partial charge is 0.377 e. The standard InChI is InChI=1S/C13H22N4O2/c1-9(2)7-8-10(3)15-11-5-4-6-12(16-14)13(11)17(18)19/h4-6,9-10,15-16H,7-8,14H2,1-3H3. The van der Waals surface area contributed by atoms with Gasteiger partial charge >= 0.3 is 5.69 Å². The minimum atomic E-state index is -0.424. The van der Waals surface area contributed by atoms with Crippen molar-refractivity contribution in [2.24, 2.45) is 11.8 Å². The Morgan fingerprint density at radius 3 is 2.42 bits per heavy atom. The molecule has 0 saturated heterocycles. The zero-order valence-corrected chi connectivity index (χ0v) is 11.6. The number of nitro benzene ring substituents is 1. The van der Waals surface area contributed by atoms with Crippen molar-refractivity contribution in [2.45, 2.75) is 39.7 Å². The highest BCUT2D eigenvalue weighted by atomic mass is 16.6. The third-order valence-electron chi connectivity index (χ3n) is 2.95. The molecule has 0 aliphatic carbocycles. The van der Waals surface area contributed by atoms with Gasteiger partial charge in [-0.2, -0.15) is 0 Å². The molecule has 0 bridgehead atoms. The van der Waals surface area contributed by atoms with Gasteiger partial charge in [-0.3, -0.25) is 16.0 Å². The summed E-state index contributed by atoms with van der Waals surface area (Å²) in [6.07, 6.45) is 2.05. The molecule has 1 aromatic rings. The molecule has 0 amide bonds. The molecule has 0 aromatic heterocycles. The molecule has 0 fully saturated rings. The lowest BCUT2D eigenvalue weighted by Gasteiger charge is -2.17. The molecule has 1 atom stereocenters. The number of benzene rings is 1. The summed E-state index contributed by atoms with van der Waals surface area (Å²) in [6, 6.07) is 5.20. The van der Waals surface area contributed by atoms with E-state index in [1.165, 1.54) is 0 Å². The van der Waals surface area contributed by atoms with E-state index in [1.807, 2.05) is 6.92 Å². The van der Waals surface area contributed by atoms with Crippen molar-refractivity contribution >= 4 is 17.1 Å². The van der Waals surface area contributed by atoms with Gasteiger partial charge in [0.15, 0.2) is 0 Å². The van der Waals surface area contributed by atoms with Gasteiger partial charge in [0.25, 0.3) is 0 Å². The SMILES string of the molecule is CC(C)CCC(C)Nc1cccc(NN)c1[N+](=O)[O-]. The van der Waals surface area contributed by atoms with Crippen LogP contribution in [0.3, 0.4) is 0 Å². The molecule has 106 valence electrons. The third kappa shape index (κ3) is 4.40. The van der Waals surface area contributed by atoms with Crippen molar-refractivity contribution < 1.29 is 4.92 Å². The van der Waals surface area contributed by atoms with Gasteiger partial charge in [-0.25, -0.2) is 0 Å². The van der Waals surface area contributed by atoms with Crippen LogP contribution in [-0.2, 0) is 0 Å². The van der Waals surface area contributed by atoms with Crippen LogP contribution in [-0.4, -0.2) is 11.0 Å². The Morgan fingerprint density at radius 1 is 1.26 bits per heavy atom. The first-order valence-corrected chi connectivity index (χ1v) is 6.46. The predicted octanol–water partition coefficient (Wildman–Crippen LogP) is 3.12. The molecule has 0 spiro atoms. The van der Waals surface area contributed by atoms with Gasteiger partial charge in [0, 0.05) is 6.04 Å². The topological polar surface area (TPSA) is 93.2 Å². The van der Waals surface area contributed by atoms with E-state index in [1.54, 1.807) is 18.2 Å². The highest BCUT2D eigenvalue weighted by Gasteiger charge is 2.20. The summed E-state index contributed by atoms with van der Waals surface area (Å²) < 4.78 is 0. The van der Waals surface area contributed by atoms with Crippen LogP contribution in [0.15, 0.2) is 18.2 Å². The number of nitro groups is 1. The predicted molar refractivity (Wildman–Crippen MR) is 78.1 cm³/mol. The Bertz CT molecular complexity index is 435. The molecule has 0 aliphatic rings. The van der Waals surface area contributed by atoms with E-state index in [2.05, 4.69) is 24.6 Å². The fraction of sp³-hybridized carbons (Fsp3) is 0.538. The average Bonchev–Trinajstić information content (AvgIpc) is 2.35. The Labute approximate surface area is 113 Å². The second-order valence-electron chi connectivity index (χ2n) is 5.12. The minimum absolute atomic E-state index is 0.0126. The van der Waals surface area contributed by atoms with Crippen LogP contribution in [0.5, 0.6) is 0 Å². The van der Waals surface area contributed by atoms with Crippen LogP contribution in [0.25, 0.3) is 0 Å². The maximum absolute atomic E-state index is 11.1. The molecule has 1 rings (SSSR count). The molecule has 1 unspecified atom stereocenters. The summed E-state index contributed by atoms with van der Waals surface area (Å²) in [5, 5.41) is 14.3. The van der Waals surface area contributed by atoms with Crippen LogP contribution in [0.1, 0.15) is 33.6 Å². The molecule has 0 saturated carbocycles. The Morgan fingerprint density at radius 2 is 1.89 bits per heavy atom.